The predicted octanol–water partition coefficient (Wildman–Crippen LogP) is 4.45. The number of aryl methyl sites for hydroxylation is 1. The van der Waals surface area contributed by atoms with Gasteiger partial charge in [-0.1, -0.05) is 29.4 Å². The molecule has 0 aliphatic rings. The van der Waals surface area contributed by atoms with Gasteiger partial charge in [0.1, 0.15) is 0 Å². The third-order valence-corrected chi connectivity index (χ3v) is 6.35. The number of aromatic nitrogens is 3. The number of benzene rings is 2. The van der Waals surface area contributed by atoms with Gasteiger partial charge >= 0.3 is 0 Å². The third kappa shape index (κ3) is 5.53. The summed E-state index contributed by atoms with van der Waals surface area (Å²) in [6.45, 7) is 4.68. The Bertz CT molecular complexity index is 1250. The maximum Gasteiger partial charge on any atom is 0.230 e. The number of amides is 1. The molecule has 178 valence electrons. The SMILES string of the molecule is CCOc1ccc(C(CNC(=O)CSCc2noc(C)n2)c2c[nH]c3ccccc23)cc1OC. The van der Waals surface area contributed by atoms with Crippen LogP contribution in [-0.4, -0.2) is 47.0 Å². The molecule has 2 aromatic heterocycles. The molecule has 1 amide bonds. The van der Waals surface area contributed by atoms with Gasteiger partial charge in [0.2, 0.25) is 11.8 Å². The molecule has 2 N–H and O–H groups in total. The number of aromatic amines is 1. The van der Waals surface area contributed by atoms with Crippen LogP contribution in [-0.2, 0) is 10.5 Å². The third-order valence-electron chi connectivity index (χ3n) is 5.42. The van der Waals surface area contributed by atoms with Crippen molar-refractivity contribution in [3.05, 3.63) is 71.5 Å². The van der Waals surface area contributed by atoms with Crippen molar-refractivity contribution in [3.63, 3.8) is 0 Å². The maximum atomic E-state index is 12.6. The first-order chi connectivity index (χ1) is 16.6. The summed E-state index contributed by atoms with van der Waals surface area (Å²) in [7, 11) is 1.63. The number of hydrogen-bond donors (Lipinski definition) is 2. The molecule has 0 spiro atoms. The molecule has 0 aliphatic heterocycles. The van der Waals surface area contributed by atoms with Crippen molar-refractivity contribution in [2.24, 2.45) is 0 Å². The number of methoxy groups -OCH3 is 1. The van der Waals surface area contributed by atoms with E-state index in [4.69, 9.17) is 14.0 Å². The van der Waals surface area contributed by atoms with E-state index in [0.29, 0.717) is 47.9 Å². The quantitative estimate of drug-likeness (QED) is 0.327. The molecule has 0 radical (unpaired) electrons. The van der Waals surface area contributed by atoms with Crippen LogP contribution in [0.3, 0.4) is 0 Å². The predicted molar refractivity (Wildman–Crippen MR) is 133 cm³/mol. The van der Waals surface area contributed by atoms with Gasteiger partial charge < -0.3 is 24.3 Å². The van der Waals surface area contributed by atoms with Crippen LogP contribution in [0.4, 0.5) is 0 Å². The highest BCUT2D eigenvalue weighted by Gasteiger charge is 2.21. The van der Waals surface area contributed by atoms with Crippen LogP contribution in [0.5, 0.6) is 11.5 Å². The molecule has 8 nitrogen and oxygen atoms in total. The number of nitrogens with one attached hydrogen (secondary N) is 2. The molecular formula is C25H28N4O4S. The van der Waals surface area contributed by atoms with Gasteiger partial charge in [0.25, 0.3) is 0 Å². The van der Waals surface area contributed by atoms with Gasteiger partial charge in [-0.2, -0.15) is 4.98 Å². The Morgan fingerprint density at radius 3 is 2.85 bits per heavy atom. The highest BCUT2D eigenvalue weighted by Crippen LogP contribution is 2.35. The average Bonchev–Trinajstić information content (AvgIpc) is 3.46. The molecule has 2 heterocycles. The lowest BCUT2D eigenvalue weighted by molar-refractivity contribution is -0.118. The molecule has 0 fully saturated rings. The monoisotopic (exact) mass is 480 g/mol. The number of hydrogen-bond acceptors (Lipinski definition) is 7. The van der Waals surface area contributed by atoms with Crippen LogP contribution in [0.15, 0.2) is 53.2 Å². The zero-order valence-electron chi connectivity index (χ0n) is 19.5. The zero-order chi connectivity index (χ0) is 23.9. The molecule has 0 saturated carbocycles. The van der Waals surface area contributed by atoms with E-state index in [2.05, 4.69) is 26.5 Å². The number of fused-ring (bicyclic) bond motifs is 1. The standard InChI is InChI=1S/C25H28N4O4S/c1-4-32-22-10-9-17(11-23(22)31-3)19(20-13-26-21-8-6-5-7-18(20)21)12-27-25(30)15-34-14-24-28-16(2)33-29-24/h5-11,13,19,26H,4,12,14-15H2,1-3H3,(H,27,30). The summed E-state index contributed by atoms with van der Waals surface area (Å²) in [4.78, 5) is 20.1. The second-order valence-corrected chi connectivity index (χ2v) is 8.70. The Balaban J connectivity index is 1.52. The molecule has 9 heteroatoms. The van der Waals surface area contributed by atoms with Crippen molar-refractivity contribution >= 4 is 28.6 Å². The first-order valence-corrected chi connectivity index (χ1v) is 12.2. The lowest BCUT2D eigenvalue weighted by atomic mass is 9.90. The summed E-state index contributed by atoms with van der Waals surface area (Å²) in [6.07, 6.45) is 2.01. The molecule has 0 bridgehead atoms. The van der Waals surface area contributed by atoms with Gasteiger partial charge in [0.05, 0.1) is 25.2 Å². The summed E-state index contributed by atoms with van der Waals surface area (Å²) in [5, 5.41) is 8.08. The van der Waals surface area contributed by atoms with Crippen molar-refractivity contribution in [2.75, 3.05) is 26.0 Å². The van der Waals surface area contributed by atoms with E-state index in [0.717, 1.165) is 22.0 Å². The zero-order valence-corrected chi connectivity index (χ0v) is 20.3. The number of nitrogens with zero attached hydrogens (tertiary/aromatic N) is 2. The summed E-state index contributed by atoms with van der Waals surface area (Å²) in [6, 6.07) is 14.1. The lowest BCUT2D eigenvalue weighted by Gasteiger charge is -2.20. The number of carbonyl (C=O) groups excluding carboxylic acids is 1. The van der Waals surface area contributed by atoms with Crippen LogP contribution < -0.4 is 14.8 Å². The Hall–Kier alpha value is -3.46. The van der Waals surface area contributed by atoms with E-state index < -0.39 is 0 Å². The van der Waals surface area contributed by atoms with Crippen LogP contribution in [0.2, 0.25) is 0 Å². The van der Waals surface area contributed by atoms with Crippen LogP contribution >= 0.6 is 11.8 Å². The van der Waals surface area contributed by atoms with Crippen molar-refractivity contribution < 1.29 is 18.8 Å². The first kappa shape index (κ1) is 23.7. The first-order valence-electron chi connectivity index (χ1n) is 11.1. The largest absolute Gasteiger partial charge is 0.493 e. The Kier molecular flexibility index (Phi) is 7.74. The fourth-order valence-corrected chi connectivity index (χ4v) is 4.56. The molecule has 0 aliphatic carbocycles. The Labute approximate surface area is 202 Å². The fraction of sp³-hybridized carbons (Fsp3) is 0.320. The topological polar surface area (TPSA) is 102 Å². The molecular weight excluding hydrogens is 452 g/mol. The molecule has 2 aromatic carbocycles. The summed E-state index contributed by atoms with van der Waals surface area (Å²) < 4.78 is 16.2. The van der Waals surface area contributed by atoms with Crippen LogP contribution in [0.25, 0.3) is 10.9 Å². The number of rotatable bonds is 11. The van der Waals surface area contributed by atoms with Crippen LogP contribution in [0.1, 0.15) is 35.7 Å². The number of ether oxygens (including phenoxy) is 2. The number of para-hydroxylation sites is 1. The number of carbonyl (C=O) groups is 1. The van der Waals surface area contributed by atoms with Crippen molar-refractivity contribution in [2.45, 2.75) is 25.5 Å². The molecule has 4 rings (SSSR count). The van der Waals surface area contributed by atoms with Gasteiger partial charge in [0.15, 0.2) is 17.3 Å². The lowest BCUT2D eigenvalue weighted by Crippen LogP contribution is -2.30. The van der Waals surface area contributed by atoms with Crippen molar-refractivity contribution in [1.82, 2.24) is 20.4 Å². The van der Waals surface area contributed by atoms with Gasteiger partial charge in [-0.3, -0.25) is 4.79 Å². The Morgan fingerprint density at radius 2 is 2.09 bits per heavy atom. The second kappa shape index (κ2) is 11.1. The highest BCUT2D eigenvalue weighted by atomic mass is 32.2. The summed E-state index contributed by atoms with van der Waals surface area (Å²) in [5.41, 5.74) is 3.19. The van der Waals surface area contributed by atoms with E-state index in [-0.39, 0.29) is 11.8 Å². The van der Waals surface area contributed by atoms with Gasteiger partial charge in [-0.25, -0.2) is 0 Å². The maximum absolute atomic E-state index is 12.6. The highest BCUT2D eigenvalue weighted by molar-refractivity contribution is 7.99. The van der Waals surface area contributed by atoms with E-state index in [1.54, 1.807) is 14.0 Å². The molecule has 1 atom stereocenters. The van der Waals surface area contributed by atoms with E-state index in [9.17, 15) is 4.79 Å². The van der Waals surface area contributed by atoms with E-state index in [1.807, 2.05) is 49.5 Å². The molecule has 1 unspecified atom stereocenters. The second-order valence-electron chi connectivity index (χ2n) is 7.71. The van der Waals surface area contributed by atoms with Crippen LogP contribution in [0, 0.1) is 6.92 Å². The van der Waals surface area contributed by atoms with Crippen molar-refractivity contribution in [1.29, 1.82) is 0 Å². The van der Waals surface area contributed by atoms with E-state index >= 15 is 0 Å². The minimum Gasteiger partial charge on any atom is -0.493 e. The molecule has 34 heavy (non-hydrogen) atoms. The average molecular weight is 481 g/mol. The summed E-state index contributed by atoms with van der Waals surface area (Å²) >= 11 is 1.45. The minimum absolute atomic E-state index is 0.0482. The Morgan fingerprint density at radius 1 is 1.24 bits per heavy atom. The van der Waals surface area contributed by atoms with Gasteiger partial charge in [-0.15, -0.1) is 11.8 Å². The van der Waals surface area contributed by atoms with E-state index in [1.165, 1.54) is 11.8 Å². The smallest absolute Gasteiger partial charge is 0.230 e. The normalized spacial score (nSPS) is 12.0. The minimum atomic E-state index is -0.0745. The number of thioether (sulfide) groups is 1. The summed E-state index contributed by atoms with van der Waals surface area (Å²) in [5.74, 6) is 3.18. The fourth-order valence-electron chi connectivity index (χ4n) is 3.87. The molecule has 4 aromatic rings. The molecule has 0 saturated heterocycles. The number of H-pyrrole nitrogens is 1. The van der Waals surface area contributed by atoms with Gasteiger partial charge in [0, 0.05) is 36.5 Å². The van der Waals surface area contributed by atoms with Gasteiger partial charge in [-0.05, 0) is 36.2 Å². The van der Waals surface area contributed by atoms with Crippen molar-refractivity contribution in [3.8, 4) is 11.5 Å².